The standard InChI is InChI=1S/C15H32N2O/c1-11(16)9-8-10-12(17-15(5,6)7)13(18)14(2,3)4/h11-12,17H,8-10,16H2,1-7H3/t11?,12-/m0/s1/i11D,12D. The number of nitrogens with one attached hydrogen (secondary N) is 1. The molecule has 3 N–H and O–H groups in total. The lowest BCUT2D eigenvalue weighted by molar-refractivity contribution is -0.129. The van der Waals surface area contributed by atoms with Crippen molar-refractivity contribution in [2.75, 3.05) is 0 Å². The van der Waals surface area contributed by atoms with Crippen molar-refractivity contribution in [1.29, 1.82) is 0 Å². The van der Waals surface area contributed by atoms with Crippen LogP contribution >= 0.6 is 0 Å². The second-order valence-corrected chi connectivity index (χ2v) is 7.13. The molecule has 0 amide bonds. The lowest BCUT2D eigenvalue weighted by Crippen LogP contribution is -2.50. The van der Waals surface area contributed by atoms with Crippen LogP contribution in [0.1, 0.15) is 70.5 Å². The number of hydrogen-bond donors (Lipinski definition) is 2. The van der Waals surface area contributed by atoms with E-state index in [-0.39, 0.29) is 11.3 Å². The summed E-state index contributed by atoms with van der Waals surface area (Å²) in [5, 5.41) is 3.14. The van der Waals surface area contributed by atoms with Gasteiger partial charge >= 0.3 is 0 Å². The van der Waals surface area contributed by atoms with Gasteiger partial charge in [0, 0.05) is 18.3 Å². The highest BCUT2D eigenvalue weighted by Gasteiger charge is 2.31. The maximum Gasteiger partial charge on any atom is 0.155 e. The first-order valence-electron chi connectivity index (χ1n) is 7.70. The van der Waals surface area contributed by atoms with Crippen molar-refractivity contribution in [1.82, 2.24) is 5.32 Å². The van der Waals surface area contributed by atoms with Crippen molar-refractivity contribution in [3.63, 3.8) is 0 Å². The van der Waals surface area contributed by atoms with Gasteiger partial charge in [-0.25, -0.2) is 0 Å². The molecule has 0 spiro atoms. The minimum absolute atomic E-state index is 0.122. The molecule has 108 valence electrons. The Kier molecular flexibility index (Phi) is 5.19. The van der Waals surface area contributed by atoms with Crippen LogP contribution in [0.25, 0.3) is 0 Å². The molecule has 18 heavy (non-hydrogen) atoms. The van der Waals surface area contributed by atoms with Gasteiger partial charge < -0.3 is 11.1 Å². The smallest absolute Gasteiger partial charge is 0.155 e. The summed E-state index contributed by atoms with van der Waals surface area (Å²) in [6.07, 6.45) is 1.41. The second-order valence-electron chi connectivity index (χ2n) is 7.13. The number of nitrogens with two attached hydrogens (primary N) is 1. The number of Topliss-reactive ketones (excluding diaryl/α,β-unsaturated/α-hetero) is 1. The van der Waals surface area contributed by atoms with Gasteiger partial charge in [0.05, 0.1) is 7.39 Å². The summed E-state index contributed by atoms with van der Waals surface area (Å²) < 4.78 is 16.2. The van der Waals surface area contributed by atoms with Gasteiger partial charge in [0.2, 0.25) is 0 Å². The number of rotatable bonds is 6. The summed E-state index contributed by atoms with van der Waals surface area (Å²) in [5.74, 6) is -0.122. The number of ketones is 1. The Hall–Kier alpha value is -0.410. The number of hydrogen-bond acceptors (Lipinski definition) is 3. The number of carbonyl (C=O) groups is 1. The van der Waals surface area contributed by atoms with E-state index in [1.54, 1.807) is 6.92 Å². The fourth-order valence-electron chi connectivity index (χ4n) is 1.68. The summed E-state index contributed by atoms with van der Waals surface area (Å²) in [7, 11) is 0. The molecule has 2 atom stereocenters. The minimum Gasteiger partial charge on any atom is -0.328 e. The van der Waals surface area contributed by atoms with E-state index >= 15 is 0 Å². The van der Waals surface area contributed by atoms with E-state index in [1.165, 1.54) is 0 Å². The molecule has 0 saturated heterocycles. The molecule has 3 nitrogen and oxygen atoms in total. The predicted molar refractivity (Wildman–Crippen MR) is 78.6 cm³/mol. The van der Waals surface area contributed by atoms with Crippen molar-refractivity contribution in [3.05, 3.63) is 0 Å². The molecule has 0 aliphatic heterocycles. The van der Waals surface area contributed by atoms with Crippen LogP contribution in [-0.4, -0.2) is 23.4 Å². The first-order chi connectivity index (χ1) is 8.57. The molecular weight excluding hydrogens is 224 g/mol. The summed E-state index contributed by atoms with van der Waals surface area (Å²) in [5.41, 5.74) is 4.75. The van der Waals surface area contributed by atoms with Crippen molar-refractivity contribution in [2.45, 2.75) is 85.3 Å². The van der Waals surface area contributed by atoms with Crippen LogP contribution in [0.3, 0.4) is 0 Å². The Bertz CT molecular complexity index is 337. The first-order valence-corrected chi connectivity index (χ1v) is 6.70. The fraction of sp³-hybridized carbons (Fsp3) is 0.933. The molecule has 3 heteroatoms. The van der Waals surface area contributed by atoms with Crippen molar-refractivity contribution >= 4 is 5.78 Å². The van der Waals surface area contributed by atoms with E-state index < -0.39 is 17.5 Å². The molecule has 0 rings (SSSR count). The van der Waals surface area contributed by atoms with E-state index in [2.05, 4.69) is 5.32 Å². The highest BCUT2D eigenvalue weighted by atomic mass is 16.1. The zero-order chi connectivity index (χ0) is 16.4. The Morgan fingerprint density at radius 2 is 1.72 bits per heavy atom. The molecule has 0 bridgehead atoms. The fourth-order valence-corrected chi connectivity index (χ4v) is 1.68. The van der Waals surface area contributed by atoms with E-state index in [0.717, 1.165) is 0 Å². The quantitative estimate of drug-likeness (QED) is 0.770. The third kappa shape index (κ3) is 7.83. The highest BCUT2D eigenvalue weighted by molar-refractivity contribution is 5.88. The zero-order valence-electron chi connectivity index (χ0n) is 15.1. The minimum atomic E-state index is -1.33. The predicted octanol–water partition coefficient (Wildman–Crippen LogP) is 2.88. The first kappa shape index (κ1) is 14.0. The normalized spacial score (nSPS) is 21.6. The van der Waals surface area contributed by atoms with Gasteiger partial charge in [-0.1, -0.05) is 20.8 Å². The average molecular weight is 258 g/mol. The third-order valence-corrected chi connectivity index (χ3v) is 2.48. The topological polar surface area (TPSA) is 55.1 Å². The van der Waals surface area contributed by atoms with Gasteiger partial charge in [-0.3, -0.25) is 4.79 Å². The van der Waals surface area contributed by atoms with E-state index in [0.29, 0.717) is 19.3 Å². The van der Waals surface area contributed by atoms with Gasteiger partial charge in [-0.15, -0.1) is 0 Å². The SMILES string of the molecule is [2H]C(C)(N)CCC[C@]([2H])(NC(C)(C)C)C(=O)C(C)(C)C. The van der Waals surface area contributed by atoms with Crippen molar-refractivity contribution in [3.8, 4) is 0 Å². The molecule has 0 aromatic heterocycles. The monoisotopic (exact) mass is 258 g/mol. The van der Waals surface area contributed by atoms with Crippen LogP contribution in [0.2, 0.25) is 0 Å². The van der Waals surface area contributed by atoms with Gasteiger partial charge in [-0.05, 0) is 47.0 Å². The second kappa shape index (κ2) is 6.67. The Morgan fingerprint density at radius 3 is 2.06 bits per heavy atom. The van der Waals surface area contributed by atoms with Gasteiger partial charge in [-0.2, -0.15) is 0 Å². The molecule has 0 fully saturated rings. The Labute approximate surface area is 116 Å². The van der Waals surface area contributed by atoms with Crippen LogP contribution in [0.4, 0.5) is 0 Å². The number of carbonyl (C=O) groups excluding carboxylic acids is 1. The molecular formula is C15H32N2O. The lowest BCUT2D eigenvalue weighted by atomic mass is 9.83. The largest absolute Gasteiger partial charge is 0.328 e. The molecule has 0 saturated carbocycles. The highest BCUT2D eigenvalue weighted by Crippen LogP contribution is 2.21. The molecule has 0 aromatic carbocycles. The molecule has 0 aliphatic rings. The van der Waals surface area contributed by atoms with Crippen LogP contribution < -0.4 is 11.1 Å². The van der Waals surface area contributed by atoms with Gasteiger partial charge in [0.15, 0.2) is 5.78 Å². The maximum atomic E-state index is 12.6. The maximum absolute atomic E-state index is 12.6. The van der Waals surface area contributed by atoms with Crippen LogP contribution in [-0.2, 0) is 4.79 Å². The van der Waals surface area contributed by atoms with E-state index in [1.807, 2.05) is 41.5 Å². The lowest BCUT2D eigenvalue weighted by Gasteiger charge is -2.32. The van der Waals surface area contributed by atoms with E-state index in [9.17, 15) is 4.79 Å². The van der Waals surface area contributed by atoms with Crippen LogP contribution in [0.15, 0.2) is 0 Å². The van der Waals surface area contributed by atoms with E-state index in [4.69, 9.17) is 8.48 Å². The molecule has 0 aliphatic carbocycles. The van der Waals surface area contributed by atoms with Crippen LogP contribution in [0, 0.1) is 5.41 Å². The molecule has 1 unspecified atom stereocenters. The molecule has 0 aromatic rings. The summed E-state index contributed by atoms with van der Waals surface area (Å²) in [6, 6.07) is -2.34. The Morgan fingerprint density at radius 1 is 1.22 bits per heavy atom. The van der Waals surface area contributed by atoms with Crippen LogP contribution in [0.5, 0.6) is 0 Å². The summed E-state index contributed by atoms with van der Waals surface area (Å²) in [6.45, 7) is 13.0. The molecule has 0 heterocycles. The molecule has 0 radical (unpaired) electrons. The van der Waals surface area contributed by atoms with Crippen molar-refractivity contribution in [2.24, 2.45) is 11.1 Å². The third-order valence-electron chi connectivity index (χ3n) is 2.48. The van der Waals surface area contributed by atoms with Gasteiger partial charge in [0.1, 0.15) is 0 Å². The zero-order valence-corrected chi connectivity index (χ0v) is 13.1. The summed E-state index contributed by atoms with van der Waals surface area (Å²) >= 11 is 0. The summed E-state index contributed by atoms with van der Waals surface area (Å²) in [4.78, 5) is 12.6. The van der Waals surface area contributed by atoms with Crippen molar-refractivity contribution < 1.29 is 7.54 Å². The average Bonchev–Trinajstić information content (AvgIpc) is 2.09. The Balaban J connectivity index is 5.03. The van der Waals surface area contributed by atoms with Gasteiger partial charge in [0.25, 0.3) is 0 Å².